The van der Waals surface area contributed by atoms with Gasteiger partial charge in [0.2, 0.25) is 10.0 Å². The lowest BCUT2D eigenvalue weighted by Crippen LogP contribution is -2.28. The zero-order valence-electron chi connectivity index (χ0n) is 10.1. The molecule has 0 spiro atoms. The molecule has 0 unspecified atom stereocenters. The van der Waals surface area contributed by atoms with E-state index < -0.39 is 15.8 Å². The van der Waals surface area contributed by atoms with Crippen molar-refractivity contribution in [2.24, 2.45) is 5.73 Å². The quantitative estimate of drug-likeness (QED) is 0.753. The maximum Gasteiger partial charge on any atom is 0.214 e. The third kappa shape index (κ3) is 4.69. The van der Waals surface area contributed by atoms with Crippen LogP contribution >= 0.6 is 0 Å². The van der Waals surface area contributed by atoms with Gasteiger partial charge in [0.15, 0.2) is 0 Å². The van der Waals surface area contributed by atoms with E-state index in [0.717, 1.165) is 0 Å². The Morgan fingerprint density at radius 3 is 2.72 bits per heavy atom. The summed E-state index contributed by atoms with van der Waals surface area (Å²) in [4.78, 5) is 0. The van der Waals surface area contributed by atoms with Crippen molar-refractivity contribution in [2.45, 2.75) is 13.1 Å². The number of hydrogen-bond donors (Lipinski definition) is 2. The van der Waals surface area contributed by atoms with Crippen LogP contribution in [0.5, 0.6) is 0 Å². The molecule has 1 rings (SSSR count). The minimum atomic E-state index is -3.44. The SMILES string of the molecule is COCCS(=O)(=O)NCc1ccc(CN)cc1F. The van der Waals surface area contributed by atoms with Crippen LogP contribution < -0.4 is 10.5 Å². The fourth-order valence-electron chi connectivity index (χ4n) is 1.31. The molecule has 1 aromatic rings. The molecule has 0 aliphatic heterocycles. The number of nitrogens with two attached hydrogens (primary N) is 1. The van der Waals surface area contributed by atoms with Crippen LogP contribution in [0.4, 0.5) is 4.39 Å². The summed E-state index contributed by atoms with van der Waals surface area (Å²) in [5, 5.41) is 0. The van der Waals surface area contributed by atoms with Crippen LogP contribution in [0.25, 0.3) is 0 Å². The molecule has 0 atom stereocenters. The van der Waals surface area contributed by atoms with Gasteiger partial charge in [-0.25, -0.2) is 17.5 Å². The molecule has 0 saturated carbocycles. The fourth-order valence-corrected chi connectivity index (χ4v) is 2.22. The predicted octanol–water partition coefficient (Wildman–Crippen LogP) is 0.350. The van der Waals surface area contributed by atoms with E-state index in [1.54, 1.807) is 6.07 Å². The molecule has 102 valence electrons. The first-order chi connectivity index (χ1) is 8.48. The van der Waals surface area contributed by atoms with Crippen molar-refractivity contribution in [3.8, 4) is 0 Å². The van der Waals surface area contributed by atoms with Gasteiger partial charge in [0.05, 0.1) is 12.4 Å². The molecule has 0 bridgehead atoms. The van der Waals surface area contributed by atoms with E-state index in [-0.39, 0.29) is 31.0 Å². The molecule has 18 heavy (non-hydrogen) atoms. The normalized spacial score (nSPS) is 11.7. The smallest absolute Gasteiger partial charge is 0.214 e. The Bertz CT molecular complexity index is 491. The Kier molecular flexibility index (Phi) is 5.67. The van der Waals surface area contributed by atoms with Crippen LogP contribution in [0.1, 0.15) is 11.1 Å². The minimum Gasteiger partial charge on any atom is -0.384 e. The first-order valence-corrected chi connectivity index (χ1v) is 7.07. The highest BCUT2D eigenvalue weighted by atomic mass is 32.2. The van der Waals surface area contributed by atoms with E-state index in [1.807, 2.05) is 0 Å². The van der Waals surface area contributed by atoms with Gasteiger partial charge in [-0.15, -0.1) is 0 Å². The van der Waals surface area contributed by atoms with E-state index >= 15 is 0 Å². The summed E-state index contributed by atoms with van der Waals surface area (Å²) in [6, 6.07) is 4.50. The van der Waals surface area contributed by atoms with Gasteiger partial charge in [-0.2, -0.15) is 0 Å². The number of ether oxygens (including phenoxy) is 1. The van der Waals surface area contributed by atoms with Gasteiger partial charge in [-0.05, 0) is 11.6 Å². The topological polar surface area (TPSA) is 81.4 Å². The molecule has 3 N–H and O–H groups in total. The average Bonchev–Trinajstić information content (AvgIpc) is 2.35. The number of rotatable bonds is 7. The van der Waals surface area contributed by atoms with Gasteiger partial charge in [-0.1, -0.05) is 12.1 Å². The van der Waals surface area contributed by atoms with Gasteiger partial charge >= 0.3 is 0 Å². The second kappa shape index (κ2) is 6.79. The predicted molar refractivity (Wildman–Crippen MR) is 66.8 cm³/mol. The van der Waals surface area contributed by atoms with Crippen molar-refractivity contribution in [2.75, 3.05) is 19.5 Å². The summed E-state index contributed by atoms with van der Waals surface area (Å²) in [6.07, 6.45) is 0. The van der Waals surface area contributed by atoms with Crippen LogP contribution in [-0.2, 0) is 27.8 Å². The lowest BCUT2D eigenvalue weighted by Gasteiger charge is -2.08. The number of nitrogens with one attached hydrogen (secondary N) is 1. The molecular weight excluding hydrogens is 259 g/mol. The lowest BCUT2D eigenvalue weighted by atomic mass is 10.1. The van der Waals surface area contributed by atoms with Crippen LogP contribution in [0, 0.1) is 5.82 Å². The van der Waals surface area contributed by atoms with E-state index in [9.17, 15) is 12.8 Å². The Hall–Kier alpha value is -1.02. The van der Waals surface area contributed by atoms with E-state index in [0.29, 0.717) is 5.56 Å². The number of hydrogen-bond acceptors (Lipinski definition) is 4. The highest BCUT2D eigenvalue weighted by Gasteiger charge is 2.11. The monoisotopic (exact) mass is 276 g/mol. The van der Waals surface area contributed by atoms with Crippen molar-refractivity contribution in [3.05, 3.63) is 35.1 Å². The third-order valence-corrected chi connectivity index (χ3v) is 3.68. The van der Waals surface area contributed by atoms with Crippen molar-refractivity contribution >= 4 is 10.0 Å². The highest BCUT2D eigenvalue weighted by Crippen LogP contribution is 2.10. The number of halogens is 1. The summed E-state index contributed by atoms with van der Waals surface area (Å²) in [5.41, 5.74) is 6.33. The van der Waals surface area contributed by atoms with Crippen LogP contribution in [0.2, 0.25) is 0 Å². The second-order valence-corrected chi connectivity index (χ2v) is 5.69. The Labute approximate surface area is 106 Å². The van der Waals surface area contributed by atoms with Crippen LogP contribution in [0.15, 0.2) is 18.2 Å². The van der Waals surface area contributed by atoms with Gasteiger partial charge in [0.25, 0.3) is 0 Å². The van der Waals surface area contributed by atoms with Crippen LogP contribution in [-0.4, -0.2) is 27.9 Å². The molecule has 0 amide bonds. The largest absolute Gasteiger partial charge is 0.384 e. The first kappa shape index (κ1) is 15.0. The third-order valence-electron chi connectivity index (χ3n) is 2.39. The molecule has 1 aromatic carbocycles. The zero-order chi connectivity index (χ0) is 13.6. The number of benzene rings is 1. The highest BCUT2D eigenvalue weighted by molar-refractivity contribution is 7.89. The second-order valence-electron chi connectivity index (χ2n) is 3.76. The van der Waals surface area contributed by atoms with E-state index in [1.165, 1.54) is 19.2 Å². The Balaban J connectivity index is 2.63. The van der Waals surface area contributed by atoms with E-state index in [4.69, 9.17) is 5.73 Å². The maximum atomic E-state index is 13.5. The minimum absolute atomic E-state index is 0.0806. The average molecular weight is 276 g/mol. The van der Waals surface area contributed by atoms with Crippen molar-refractivity contribution in [3.63, 3.8) is 0 Å². The fraction of sp³-hybridized carbons (Fsp3) is 0.455. The summed E-state index contributed by atoms with van der Waals surface area (Å²) >= 11 is 0. The molecule has 0 aromatic heterocycles. The van der Waals surface area contributed by atoms with Gasteiger partial charge in [0, 0.05) is 25.8 Å². The molecule has 0 heterocycles. The van der Waals surface area contributed by atoms with Gasteiger partial charge < -0.3 is 10.5 Å². The summed E-state index contributed by atoms with van der Waals surface area (Å²) in [5.74, 6) is -0.612. The molecular formula is C11H17FN2O3S. The lowest BCUT2D eigenvalue weighted by molar-refractivity contribution is 0.217. The van der Waals surface area contributed by atoms with Crippen LogP contribution in [0.3, 0.4) is 0 Å². The summed E-state index contributed by atoms with van der Waals surface area (Å²) in [6.45, 7) is 0.267. The maximum absolute atomic E-state index is 13.5. The van der Waals surface area contributed by atoms with E-state index in [2.05, 4.69) is 9.46 Å². The zero-order valence-corrected chi connectivity index (χ0v) is 11.0. The van der Waals surface area contributed by atoms with Gasteiger partial charge in [0.1, 0.15) is 5.82 Å². The molecule has 0 saturated heterocycles. The molecule has 0 aliphatic carbocycles. The molecule has 7 heteroatoms. The first-order valence-electron chi connectivity index (χ1n) is 5.42. The molecule has 0 fully saturated rings. The summed E-state index contributed by atoms with van der Waals surface area (Å²) < 4.78 is 43.5. The molecule has 5 nitrogen and oxygen atoms in total. The van der Waals surface area contributed by atoms with Crippen molar-refractivity contribution in [1.29, 1.82) is 0 Å². The van der Waals surface area contributed by atoms with Gasteiger partial charge in [-0.3, -0.25) is 0 Å². The summed E-state index contributed by atoms with van der Waals surface area (Å²) in [7, 11) is -2.02. The number of sulfonamides is 1. The number of methoxy groups -OCH3 is 1. The Morgan fingerprint density at radius 1 is 1.44 bits per heavy atom. The Morgan fingerprint density at radius 2 is 2.17 bits per heavy atom. The standard InChI is InChI=1S/C11H17FN2O3S/c1-17-4-5-18(15,16)14-8-10-3-2-9(7-13)6-11(10)12/h2-3,6,14H,4-5,7-8,13H2,1H3. The van der Waals surface area contributed by atoms with Crippen molar-refractivity contribution < 1.29 is 17.5 Å². The molecule has 0 radical (unpaired) electrons. The molecule has 0 aliphatic rings. The van der Waals surface area contributed by atoms with Crippen molar-refractivity contribution in [1.82, 2.24) is 4.72 Å².